The van der Waals surface area contributed by atoms with Gasteiger partial charge in [-0.1, -0.05) is 6.07 Å². The summed E-state index contributed by atoms with van der Waals surface area (Å²) in [6.45, 7) is 10.0. The van der Waals surface area contributed by atoms with E-state index in [1.165, 1.54) is 0 Å². The molecule has 2 heterocycles. The normalized spacial score (nSPS) is 21.6. The fourth-order valence-corrected chi connectivity index (χ4v) is 3.19. The predicted octanol–water partition coefficient (Wildman–Crippen LogP) is 3.00. The molecule has 154 valence electrons. The van der Waals surface area contributed by atoms with Gasteiger partial charge in [0, 0.05) is 18.8 Å². The second-order valence-corrected chi connectivity index (χ2v) is 8.25. The van der Waals surface area contributed by atoms with Crippen LogP contribution in [0.2, 0.25) is 0 Å². The van der Waals surface area contributed by atoms with Crippen molar-refractivity contribution >= 4 is 24.2 Å². The largest absolute Gasteiger partial charge is 0.494 e. The van der Waals surface area contributed by atoms with Crippen LogP contribution in [-0.2, 0) is 25.0 Å². The molecule has 2 saturated heterocycles. The van der Waals surface area contributed by atoms with Crippen molar-refractivity contribution in [1.29, 1.82) is 0 Å². The lowest BCUT2D eigenvalue weighted by Gasteiger charge is -2.39. The van der Waals surface area contributed by atoms with Crippen LogP contribution < -0.4 is 10.4 Å². The Bertz CT molecular complexity index is 744. The topological polar surface area (TPSA) is 48.0 Å². The summed E-state index contributed by atoms with van der Waals surface area (Å²) in [7, 11) is -0.895. The Morgan fingerprint density at radius 3 is 2.25 bits per heavy atom. The molecule has 2 fully saturated rings. The lowest BCUT2D eigenvalue weighted by Crippen LogP contribution is -2.51. The number of carbonyl (C=O) groups is 1. The highest BCUT2D eigenvalue weighted by Crippen LogP contribution is 2.38. The van der Waals surface area contributed by atoms with E-state index in [0.29, 0.717) is 24.2 Å². The van der Waals surface area contributed by atoms with E-state index in [0.717, 1.165) is 12.1 Å². The molecule has 2 aliphatic heterocycles. The van der Waals surface area contributed by atoms with Crippen molar-refractivity contribution in [1.82, 2.24) is 0 Å². The molecule has 2 aliphatic rings. The van der Waals surface area contributed by atoms with Crippen molar-refractivity contribution in [2.24, 2.45) is 5.92 Å². The van der Waals surface area contributed by atoms with Gasteiger partial charge in [0.1, 0.15) is 0 Å². The molecule has 1 aromatic rings. The number of carbonyl (C=O) groups excluding carboxylic acids is 1. The first kappa shape index (κ1) is 21.0. The van der Waals surface area contributed by atoms with Gasteiger partial charge in [-0.2, -0.15) is 13.2 Å². The van der Waals surface area contributed by atoms with Crippen molar-refractivity contribution in [3.63, 3.8) is 0 Å². The van der Waals surface area contributed by atoms with E-state index in [1.807, 2.05) is 27.7 Å². The number of anilines is 1. The Balaban J connectivity index is 1.87. The molecule has 5 nitrogen and oxygen atoms in total. The van der Waals surface area contributed by atoms with Crippen LogP contribution in [0.4, 0.5) is 18.9 Å². The highest BCUT2D eigenvalue weighted by Gasteiger charge is 2.52. The molecule has 0 spiro atoms. The average Bonchev–Trinajstić information content (AvgIpc) is 2.73. The minimum absolute atomic E-state index is 0.283. The number of benzene rings is 1. The van der Waals surface area contributed by atoms with Crippen LogP contribution in [0.15, 0.2) is 18.2 Å². The van der Waals surface area contributed by atoms with Crippen LogP contribution in [-0.4, -0.2) is 44.0 Å². The molecular weight excluding hydrogens is 374 g/mol. The van der Waals surface area contributed by atoms with E-state index >= 15 is 0 Å². The van der Waals surface area contributed by atoms with Crippen LogP contribution in [0.25, 0.3) is 0 Å². The Kier molecular flexibility index (Phi) is 5.21. The van der Waals surface area contributed by atoms with Crippen LogP contribution in [0.5, 0.6) is 0 Å². The summed E-state index contributed by atoms with van der Waals surface area (Å²) in [6, 6.07) is 3.79. The van der Waals surface area contributed by atoms with Gasteiger partial charge in [0.25, 0.3) is 0 Å². The Morgan fingerprint density at radius 2 is 1.75 bits per heavy atom. The van der Waals surface area contributed by atoms with Crippen molar-refractivity contribution in [2.75, 3.05) is 24.6 Å². The third kappa shape index (κ3) is 3.87. The maximum absolute atomic E-state index is 13.5. The molecule has 0 radical (unpaired) electrons. The zero-order chi connectivity index (χ0) is 20.9. The summed E-state index contributed by atoms with van der Waals surface area (Å²) >= 11 is 0. The van der Waals surface area contributed by atoms with E-state index in [4.69, 9.17) is 14.0 Å². The van der Waals surface area contributed by atoms with E-state index in [9.17, 15) is 18.0 Å². The number of esters is 1. The quantitative estimate of drug-likeness (QED) is 0.576. The first-order valence-electron chi connectivity index (χ1n) is 9.33. The summed E-state index contributed by atoms with van der Waals surface area (Å²) in [5.74, 6) is -0.647. The maximum Gasteiger partial charge on any atom is 0.494 e. The molecule has 9 heteroatoms. The second kappa shape index (κ2) is 6.95. The van der Waals surface area contributed by atoms with Gasteiger partial charge in [0.2, 0.25) is 0 Å². The molecule has 0 atom stereocenters. The molecule has 0 saturated carbocycles. The molecule has 3 rings (SSSR count). The molecule has 28 heavy (non-hydrogen) atoms. The van der Waals surface area contributed by atoms with Gasteiger partial charge in [-0.3, -0.25) is 4.79 Å². The van der Waals surface area contributed by atoms with Gasteiger partial charge in [-0.05, 0) is 52.2 Å². The number of hydrogen-bond acceptors (Lipinski definition) is 5. The monoisotopic (exact) mass is 399 g/mol. The summed E-state index contributed by atoms with van der Waals surface area (Å²) < 4.78 is 57.2. The van der Waals surface area contributed by atoms with Crippen molar-refractivity contribution < 1.29 is 32.0 Å². The summed E-state index contributed by atoms with van der Waals surface area (Å²) in [6.07, 6.45) is -4.50. The lowest BCUT2D eigenvalue weighted by molar-refractivity contribution is -0.148. The van der Waals surface area contributed by atoms with E-state index < -0.39 is 30.1 Å². The zero-order valence-electron chi connectivity index (χ0n) is 16.7. The van der Waals surface area contributed by atoms with Crippen molar-refractivity contribution in [3.8, 4) is 0 Å². The smallest absolute Gasteiger partial charge is 0.466 e. The molecular formula is C19H25BF3NO4. The first-order chi connectivity index (χ1) is 12.8. The van der Waals surface area contributed by atoms with E-state index in [-0.39, 0.29) is 18.5 Å². The van der Waals surface area contributed by atoms with Gasteiger partial charge < -0.3 is 18.9 Å². The molecule has 0 aromatic heterocycles. The van der Waals surface area contributed by atoms with Crippen molar-refractivity contribution in [2.45, 2.75) is 52.0 Å². The lowest BCUT2D eigenvalue weighted by atomic mass is 9.77. The Morgan fingerprint density at radius 1 is 1.18 bits per heavy atom. The third-order valence-corrected chi connectivity index (χ3v) is 5.66. The summed E-state index contributed by atoms with van der Waals surface area (Å²) in [5, 5.41) is 0. The van der Waals surface area contributed by atoms with Crippen molar-refractivity contribution in [3.05, 3.63) is 23.8 Å². The number of nitrogens with zero attached hydrogens (tertiary/aromatic N) is 1. The van der Waals surface area contributed by atoms with Crippen LogP contribution in [0, 0.1) is 5.92 Å². The highest BCUT2D eigenvalue weighted by molar-refractivity contribution is 6.62. The van der Waals surface area contributed by atoms with Gasteiger partial charge in [0.05, 0.1) is 29.3 Å². The van der Waals surface area contributed by atoms with Gasteiger partial charge in [-0.25, -0.2) is 0 Å². The van der Waals surface area contributed by atoms with Gasteiger partial charge in [-0.15, -0.1) is 0 Å². The number of halogens is 3. The standard InChI is InChI=1S/C19H25BF3NO4/c1-6-26-16(25)12-10-24(11-12)15-8-13(19(21,22)23)7-14(9-15)20-27-17(2,3)18(4,5)28-20/h7-9,12H,6,10-11H2,1-5H3. The minimum Gasteiger partial charge on any atom is -0.466 e. The highest BCUT2D eigenvalue weighted by atomic mass is 19.4. The minimum atomic E-state index is -4.50. The number of rotatable bonds is 4. The van der Waals surface area contributed by atoms with Crippen LogP contribution >= 0.6 is 0 Å². The molecule has 0 bridgehead atoms. The van der Waals surface area contributed by atoms with Gasteiger partial charge in [0.15, 0.2) is 0 Å². The molecule has 0 unspecified atom stereocenters. The molecule has 1 aromatic carbocycles. The summed E-state index contributed by atoms with van der Waals surface area (Å²) in [4.78, 5) is 13.5. The summed E-state index contributed by atoms with van der Waals surface area (Å²) in [5.41, 5.74) is -1.38. The first-order valence-corrected chi connectivity index (χ1v) is 9.33. The van der Waals surface area contributed by atoms with Gasteiger partial charge >= 0.3 is 19.3 Å². The number of alkyl halides is 3. The number of hydrogen-bond donors (Lipinski definition) is 0. The maximum atomic E-state index is 13.5. The number of ether oxygens (including phenoxy) is 1. The fraction of sp³-hybridized carbons (Fsp3) is 0.632. The molecule has 0 amide bonds. The SMILES string of the molecule is CCOC(=O)C1CN(c2cc(B3OC(C)(C)C(C)(C)O3)cc(C(F)(F)F)c2)C1. The fourth-order valence-electron chi connectivity index (χ4n) is 3.19. The third-order valence-electron chi connectivity index (χ3n) is 5.66. The van der Waals surface area contributed by atoms with E-state index in [1.54, 1.807) is 17.9 Å². The second-order valence-electron chi connectivity index (χ2n) is 8.25. The van der Waals surface area contributed by atoms with Crippen LogP contribution in [0.3, 0.4) is 0 Å². The predicted molar refractivity (Wildman–Crippen MR) is 99.5 cm³/mol. The molecule has 0 N–H and O–H groups in total. The Labute approximate surface area is 163 Å². The molecule has 0 aliphatic carbocycles. The Hall–Kier alpha value is -1.74. The van der Waals surface area contributed by atoms with Crippen LogP contribution in [0.1, 0.15) is 40.2 Å². The average molecular weight is 399 g/mol. The zero-order valence-corrected chi connectivity index (χ0v) is 16.7. The van der Waals surface area contributed by atoms with E-state index in [2.05, 4.69) is 0 Å².